The monoisotopic (exact) mass is 366 g/mol. The Morgan fingerprint density at radius 1 is 1.19 bits per heavy atom. The lowest BCUT2D eigenvalue weighted by Crippen LogP contribution is -2.20. The van der Waals surface area contributed by atoms with E-state index >= 15 is 0 Å². The number of carbonyl (C=O) groups excluding carboxylic acids is 1. The zero-order chi connectivity index (χ0) is 19.4. The molecule has 140 valence electrons. The minimum atomic E-state index is -0.360. The van der Waals surface area contributed by atoms with Crippen LogP contribution in [-0.4, -0.2) is 32.4 Å². The summed E-state index contributed by atoms with van der Waals surface area (Å²) >= 11 is 0. The van der Waals surface area contributed by atoms with Gasteiger partial charge in [-0.2, -0.15) is 0 Å². The lowest BCUT2D eigenvalue weighted by Gasteiger charge is -2.14. The second-order valence-electron chi connectivity index (χ2n) is 6.61. The van der Waals surface area contributed by atoms with Crippen molar-refractivity contribution >= 4 is 11.6 Å². The van der Waals surface area contributed by atoms with Crippen LogP contribution in [0.25, 0.3) is 5.69 Å². The molecule has 0 saturated carbocycles. The molecule has 7 heteroatoms. The molecule has 0 spiro atoms. The molecule has 0 bridgehead atoms. The number of nitrogens with zero attached hydrogens (tertiary/aromatic N) is 3. The second-order valence-corrected chi connectivity index (χ2v) is 6.61. The highest BCUT2D eigenvalue weighted by atomic mass is 16.5. The normalized spacial score (nSPS) is 10.8. The van der Waals surface area contributed by atoms with E-state index in [4.69, 9.17) is 4.74 Å². The van der Waals surface area contributed by atoms with E-state index in [1.54, 1.807) is 35.4 Å². The van der Waals surface area contributed by atoms with Crippen molar-refractivity contribution in [1.82, 2.24) is 14.8 Å². The first-order chi connectivity index (χ1) is 12.9. The van der Waals surface area contributed by atoms with Gasteiger partial charge in [0.2, 0.25) is 0 Å². The van der Waals surface area contributed by atoms with Gasteiger partial charge in [0.1, 0.15) is 24.2 Å². The maximum absolute atomic E-state index is 12.3. The quantitative estimate of drug-likeness (QED) is 0.653. The van der Waals surface area contributed by atoms with Gasteiger partial charge in [0, 0.05) is 0 Å². The Morgan fingerprint density at radius 2 is 1.93 bits per heavy atom. The van der Waals surface area contributed by atoms with Crippen LogP contribution in [0.1, 0.15) is 30.9 Å². The molecule has 3 aromatic rings. The third-order valence-electron chi connectivity index (χ3n) is 4.13. The molecule has 0 aliphatic carbocycles. The summed E-state index contributed by atoms with van der Waals surface area (Å²) in [5.74, 6) is 0.488. The molecule has 7 nitrogen and oxygen atoms in total. The van der Waals surface area contributed by atoms with Crippen LogP contribution in [0.3, 0.4) is 0 Å². The number of aromatic nitrogens is 3. The van der Waals surface area contributed by atoms with Gasteiger partial charge in [-0.15, -0.1) is 10.2 Å². The first-order valence-corrected chi connectivity index (χ1v) is 8.65. The van der Waals surface area contributed by atoms with E-state index in [-0.39, 0.29) is 24.2 Å². The summed E-state index contributed by atoms with van der Waals surface area (Å²) in [7, 11) is 0. The lowest BCUT2D eigenvalue weighted by atomic mass is 10.0. The number of nitrogens with one attached hydrogen (secondary N) is 1. The Labute approximate surface area is 157 Å². The number of aryl methyl sites for hydroxylation is 1. The Morgan fingerprint density at radius 3 is 2.63 bits per heavy atom. The first-order valence-electron chi connectivity index (χ1n) is 8.65. The van der Waals surface area contributed by atoms with Crippen molar-refractivity contribution in [3.05, 3.63) is 60.2 Å². The third-order valence-corrected chi connectivity index (χ3v) is 4.13. The summed E-state index contributed by atoms with van der Waals surface area (Å²) in [5, 5.41) is 20.3. The molecule has 2 N–H and O–H groups in total. The molecule has 2 aromatic carbocycles. The number of anilines is 1. The summed E-state index contributed by atoms with van der Waals surface area (Å²) in [6.07, 6.45) is 3.13. The maximum atomic E-state index is 12.3. The van der Waals surface area contributed by atoms with Crippen LogP contribution >= 0.6 is 0 Å². The molecular weight excluding hydrogens is 344 g/mol. The lowest BCUT2D eigenvalue weighted by molar-refractivity contribution is -0.118. The van der Waals surface area contributed by atoms with Crippen molar-refractivity contribution in [2.24, 2.45) is 0 Å². The van der Waals surface area contributed by atoms with E-state index in [1.807, 2.05) is 39.0 Å². The predicted octanol–water partition coefficient (Wildman–Crippen LogP) is 3.42. The molecule has 27 heavy (non-hydrogen) atoms. The van der Waals surface area contributed by atoms with Gasteiger partial charge in [0.15, 0.2) is 6.61 Å². The Kier molecular flexibility index (Phi) is 5.40. The molecule has 0 saturated heterocycles. The SMILES string of the molecule is Cc1ccc(OCC(=O)Nc2cc(C(C)C)ccc2O)c(-n2cnnc2)c1. The van der Waals surface area contributed by atoms with Gasteiger partial charge in [-0.1, -0.05) is 26.0 Å². The van der Waals surface area contributed by atoms with E-state index in [9.17, 15) is 9.90 Å². The van der Waals surface area contributed by atoms with Crippen LogP contribution in [0, 0.1) is 6.92 Å². The van der Waals surface area contributed by atoms with Crippen molar-refractivity contribution in [2.45, 2.75) is 26.7 Å². The first kappa shape index (κ1) is 18.4. The molecule has 1 heterocycles. The van der Waals surface area contributed by atoms with Crippen molar-refractivity contribution < 1.29 is 14.6 Å². The Bertz CT molecular complexity index is 936. The number of carbonyl (C=O) groups is 1. The predicted molar refractivity (Wildman–Crippen MR) is 102 cm³/mol. The van der Waals surface area contributed by atoms with E-state index < -0.39 is 0 Å². The molecule has 1 aromatic heterocycles. The summed E-state index contributed by atoms with van der Waals surface area (Å²) in [6, 6.07) is 10.8. The molecule has 1 amide bonds. The molecule has 0 fully saturated rings. The Hall–Kier alpha value is -3.35. The van der Waals surface area contributed by atoms with Gasteiger partial charge in [-0.3, -0.25) is 9.36 Å². The molecular formula is C20H22N4O3. The van der Waals surface area contributed by atoms with Crippen LogP contribution in [-0.2, 0) is 4.79 Å². The van der Waals surface area contributed by atoms with Crippen LogP contribution in [0.4, 0.5) is 5.69 Å². The van der Waals surface area contributed by atoms with Crippen molar-refractivity contribution in [3.63, 3.8) is 0 Å². The average Bonchev–Trinajstić information content (AvgIpc) is 3.17. The Balaban J connectivity index is 1.71. The highest BCUT2D eigenvalue weighted by molar-refractivity contribution is 5.93. The number of hydrogen-bond donors (Lipinski definition) is 2. The van der Waals surface area contributed by atoms with E-state index in [1.165, 1.54) is 0 Å². The van der Waals surface area contributed by atoms with Crippen molar-refractivity contribution in [3.8, 4) is 17.2 Å². The van der Waals surface area contributed by atoms with Gasteiger partial charge in [-0.25, -0.2) is 0 Å². The van der Waals surface area contributed by atoms with E-state index in [0.717, 1.165) is 16.8 Å². The number of rotatable bonds is 6. The smallest absolute Gasteiger partial charge is 0.262 e. The number of phenols is 1. The van der Waals surface area contributed by atoms with Crippen LogP contribution in [0.5, 0.6) is 11.5 Å². The number of hydrogen-bond acceptors (Lipinski definition) is 5. The fraction of sp³-hybridized carbons (Fsp3) is 0.250. The molecule has 0 radical (unpaired) electrons. The molecule has 0 unspecified atom stereocenters. The summed E-state index contributed by atoms with van der Waals surface area (Å²) < 4.78 is 7.42. The summed E-state index contributed by atoms with van der Waals surface area (Å²) in [6.45, 7) is 5.87. The van der Waals surface area contributed by atoms with Crippen LogP contribution < -0.4 is 10.1 Å². The number of amides is 1. The fourth-order valence-corrected chi connectivity index (χ4v) is 2.62. The number of phenolic OH excluding ortho intramolecular Hbond substituents is 1. The van der Waals surface area contributed by atoms with Crippen molar-refractivity contribution in [2.75, 3.05) is 11.9 Å². The zero-order valence-corrected chi connectivity index (χ0v) is 15.5. The van der Waals surface area contributed by atoms with E-state index in [2.05, 4.69) is 15.5 Å². The van der Waals surface area contributed by atoms with Gasteiger partial charge < -0.3 is 15.2 Å². The molecule has 3 rings (SSSR count). The summed E-state index contributed by atoms with van der Waals surface area (Å²) in [4.78, 5) is 12.3. The second kappa shape index (κ2) is 7.90. The number of benzene rings is 2. The van der Waals surface area contributed by atoms with Gasteiger partial charge in [-0.05, 0) is 48.2 Å². The minimum Gasteiger partial charge on any atom is -0.506 e. The highest BCUT2D eigenvalue weighted by Gasteiger charge is 2.12. The van der Waals surface area contributed by atoms with Gasteiger partial charge in [0.25, 0.3) is 5.91 Å². The van der Waals surface area contributed by atoms with E-state index in [0.29, 0.717) is 11.4 Å². The molecule has 0 atom stereocenters. The largest absolute Gasteiger partial charge is 0.506 e. The van der Waals surface area contributed by atoms with Gasteiger partial charge >= 0.3 is 0 Å². The van der Waals surface area contributed by atoms with Gasteiger partial charge in [0.05, 0.1) is 11.4 Å². The van der Waals surface area contributed by atoms with Crippen LogP contribution in [0.15, 0.2) is 49.1 Å². The topological polar surface area (TPSA) is 89.3 Å². The number of ether oxygens (including phenoxy) is 1. The molecule has 0 aliphatic heterocycles. The zero-order valence-electron chi connectivity index (χ0n) is 15.5. The molecule has 0 aliphatic rings. The minimum absolute atomic E-state index is 0.0215. The fourth-order valence-electron chi connectivity index (χ4n) is 2.62. The maximum Gasteiger partial charge on any atom is 0.262 e. The van der Waals surface area contributed by atoms with Crippen LogP contribution in [0.2, 0.25) is 0 Å². The summed E-state index contributed by atoms with van der Waals surface area (Å²) in [5.41, 5.74) is 3.19. The van der Waals surface area contributed by atoms with Crippen molar-refractivity contribution in [1.29, 1.82) is 0 Å². The highest BCUT2D eigenvalue weighted by Crippen LogP contribution is 2.28. The third kappa shape index (κ3) is 4.44. The number of aromatic hydroxyl groups is 1. The average molecular weight is 366 g/mol. The standard InChI is InChI=1S/C20H22N4O3/c1-13(2)15-5-6-18(25)16(9-15)23-20(26)10-27-19-7-4-14(3)8-17(19)24-11-21-22-12-24/h4-9,11-13,25H,10H2,1-3H3,(H,23,26).